The van der Waals surface area contributed by atoms with Crippen LogP contribution >= 0.6 is 0 Å². The molecule has 0 atom stereocenters. The summed E-state index contributed by atoms with van der Waals surface area (Å²) < 4.78 is 0. The topological polar surface area (TPSA) is 12.4 Å². The summed E-state index contributed by atoms with van der Waals surface area (Å²) in [7, 11) is 0. The quantitative estimate of drug-likeness (QED) is 0.228. The van der Waals surface area contributed by atoms with E-state index in [1.165, 1.54) is 82.9 Å². The molecule has 0 amide bonds. The summed E-state index contributed by atoms with van der Waals surface area (Å²) in [5, 5.41) is 5.15. The molecule has 6 aromatic carbocycles. The molecule has 0 aromatic heterocycles. The number of para-hydroxylation sites is 1. The van der Waals surface area contributed by atoms with Gasteiger partial charge in [0.1, 0.15) is 0 Å². The minimum atomic E-state index is 0.856. The summed E-state index contributed by atoms with van der Waals surface area (Å²) in [6, 6.07) is 46.4. The molecule has 0 radical (unpaired) electrons. The Morgan fingerprint density at radius 1 is 0.436 bits per heavy atom. The molecule has 0 fully saturated rings. The van der Waals surface area contributed by atoms with Crippen molar-refractivity contribution in [2.45, 2.75) is 6.42 Å². The van der Waals surface area contributed by atoms with Crippen LogP contribution in [0.25, 0.3) is 43.8 Å². The molecule has 2 aliphatic carbocycles. The maximum Gasteiger partial charge on any atom is 0.0669 e. The Hall–Kier alpha value is -5.01. The van der Waals surface area contributed by atoms with Gasteiger partial charge in [-0.05, 0) is 72.1 Å². The first-order valence-electron chi connectivity index (χ1n) is 13.6. The first-order chi connectivity index (χ1) is 19.4. The van der Waals surface area contributed by atoms with Gasteiger partial charge in [-0.1, -0.05) is 121 Å². The first-order valence-corrected chi connectivity index (χ1v) is 13.6. The van der Waals surface area contributed by atoms with Crippen molar-refractivity contribution in [3.63, 3.8) is 0 Å². The van der Waals surface area contributed by atoms with Gasteiger partial charge in [-0.15, -0.1) is 0 Å². The van der Waals surface area contributed by atoms with E-state index < -0.39 is 0 Å². The Balaban J connectivity index is 1.48. The van der Waals surface area contributed by atoms with Gasteiger partial charge in [-0.25, -0.2) is 0 Å². The second-order valence-electron chi connectivity index (χ2n) is 10.6. The molecule has 1 aliphatic heterocycles. The molecule has 0 bridgehead atoms. The average molecular weight is 494 g/mol. The molecule has 0 N–H and O–H groups in total. The molecule has 0 saturated heterocycles. The second kappa shape index (κ2) is 7.75. The Bertz CT molecular complexity index is 2120. The summed E-state index contributed by atoms with van der Waals surface area (Å²) >= 11 is 0. The van der Waals surface area contributed by atoms with Crippen molar-refractivity contribution in [1.29, 1.82) is 0 Å². The maximum atomic E-state index is 5.26. The molecule has 9 rings (SSSR count). The van der Waals surface area contributed by atoms with Gasteiger partial charge in [0.05, 0.1) is 11.4 Å². The number of nitrogens with zero attached hydrogens (tertiary/aromatic N) is 1. The van der Waals surface area contributed by atoms with Crippen molar-refractivity contribution in [3.8, 4) is 0 Å². The van der Waals surface area contributed by atoms with E-state index in [-0.39, 0.29) is 0 Å². The maximum absolute atomic E-state index is 5.26. The zero-order valence-electron chi connectivity index (χ0n) is 21.3. The van der Waals surface area contributed by atoms with E-state index in [1.807, 2.05) is 0 Å². The van der Waals surface area contributed by atoms with Gasteiger partial charge in [-0.3, -0.25) is 4.99 Å². The largest absolute Gasteiger partial charge is 0.252 e. The normalized spacial score (nSPS) is 15.0. The molecule has 3 aliphatic rings. The highest BCUT2D eigenvalue weighted by Crippen LogP contribution is 2.60. The van der Waals surface area contributed by atoms with Crippen molar-refractivity contribution in [2.24, 2.45) is 4.99 Å². The monoisotopic (exact) mass is 493 g/mol. The van der Waals surface area contributed by atoms with E-state index in [2.05, 4.69) is 127 Å². The van der Waals surface area contributed by atoms with Gasteiger partial charge in [0.2, 0.25) is 0 Å². The lowest BCUT2D eigenvalue weighted by Gasteiger charge is -2.14. The molecule has 0 saturated carbocycles. The van der Waals surface area contributed by atoms with Crippen LogP contribution in [0.1, 0.15) is 33.4 Å². The number of hydrogen-bond donors (Lipinski definition) is 0. The van der Waals surface area contributed by atoms with Crippen LogP contribution in [-0.4, -0.2) is 5.71 Å². The van der Waals surface area contributed by atoms with Crippen LogP contribution in [0.4, 0.5) is 5.69 Å². The fraction of sp³-hybridized carbons (Fsp3) is 0.0263. The highest BCUT2D eigenvalue weighted by molar-refractivity contribution is 6.48. The third-order valence-electron chi connectivity index (χ3n) is 8.60. The predicted molar refractivity (Wildman–Crippen MR) is 164 cm³/mol. The molecule has 1 nitrogen and oxygen atoms in total. The SMILES string of the molecule is c1ccc(C2=C3C(=C(C4=Nc5ccccc5C4)c4ccc5ccccc5c43)c3c2ccc2ccccc32)cc1. The lowest BCUT2D eigenvalue weighted by atomic mass is 9.89. The zero-order chi connectivity index (χ0) is 25.5. The fourth-order valence-electron chi connectivity index (χ4n) is 7.00. The Morgan fingerprint density at radius 2 is 1.00 bits per heavy atom. The van der Waals surface area contributed by atoms with Gasteiger partial charge >= 0.3 is 0 Å². The van der Waals surface area contributed by atoms with Crippen LogP contribution in [0.3, 0.4) is 0 Å². The lowest BCUT2D eigenvalue weighted by molar-refractivity contribution is 1.40. The van der Waals surface area contributed by atoms with Crippen molar-refractivity contribution < 1.29 is 0 Å². The molecule has 180 valence electrons. The van der Waals surface area contributed by atoms with E-state index in [0.29, 0.717) is 0 Å². The third-order valence-corrected chi connectivity index (χ3v) is 8.60. The standard InChI is InChI=1S/C38H23N/c1-2-12-25(13-3-1)33-29-20-18-23-10-4-7-15-27(23)34(29)38-36(32-22-26-14-6-9-17-31(26)39-32)30-21-19-24-11-5-8-16-28(24)35(30)37(33)38/h1-21H,22H2. The Kier molecular flexibility index (Phi) is 4.17. The van der Waals surface area contributed by atoms with Crippen LogP contribution in [0.5, 0.6) is 0 Å². The minimum absolute atomic E-state index is 0.856. The molecule has 0 spiro atoms. The fourth-order valence-corrected chi connectivity index (χ4v) is 7.00. The number of fused-ring (bicyclic) bond motifs is 10. The minimum Gasteiger partial charge on any atom is -0.252 e. The van der Waals surface area contributed by atoms with Crippen molar-refractivity contribution >= 4 is 55.2 Å². The van der Waals surface area contributed by atoms with Crippen LogP contribution in [0.15, 0.2) is 132 Å². The van der Waals surface area contributed by atoms with Gasteiger partial charge in [0.25, 0.3) is 0 Å². The number of benzene rings is 6. The molecular weight excluding hydrogens is 470 g/mol. The summed E-state index contributed by atoms with van der Waals surface area (Å²) in [4.78, 5) is 5.26. The Labute approximate surface area is 227 Å². The average Bonchev–Trinajstić information content (AvgIpc) is 3.67. The smallest absolute Gasteiger partial charge is 0.0669 e. The van der Waals surface area contributed by atoms with Crippen molar-refractivity contribution in [2.75, 3.05) is 0 Å². The van der Waals surface area contributed by atoms with E-state index in [0.717, 1.165) is 12.1 Å². The zero-order valence-corrected chi connectivity index (χ0v) is 21.3. The molecule has 39 heavy (non-hydrogen) atoms. The summed E-state index contributed by atoms with van der Waals surface area (Å²) in [6.45, 7) is 0. The lowest BCUT2D eigenvalue weighted by Crippen LogP contribution is -2.03. The van der Waals surface area contributed by atoms with Crippen molar-refractivity contribution in [3.05, 3.63) is 161 Å². The van der Waals surface area contributed by atoms with Gasteiger partial charge in [0, 0.05) is 17.6 Å². The number of allylic oxidation sites excluding steroid dienone is 3. The van der Waals surface area contributed by atoms with Gasteiger partial charge in [0.15, 0.2) is 0 Å². The van der Waals surface area contributed by atoms with Crippen LogP contribution < -0.4 is 0 Å². The van der Waals surface area contributed by atoms with E-state index in [1.54, 1.807) is 0 Å². The summed E-state index contributed by atoms with van der Waals surface area (Å²) in [5.41, 5.74) is 15.5. The summed E-state index contributed by atoms with van der Waals surface area (Å²) in [6.07, 6.45) is 0.856. The number of hydrogen-bond acceptors (Lipinski definition) is 1. The number of aliphatic imine (C=N–C) groups is 1. The predicted octanol–water partition coefficient (Wildman–Crippen LogP) is 9.52. The van der Waals surface area contributed by atoms with Crippen LogP contribution in [0.2, 0.25) is 0 Å². The van der Waals surface area contributed by atoms with Crippen LogP contribution in [0, 0.1) is 0 Å². The summed E-state index contributed by atoms with van der Waals surface area (Å²) in [5.74, 6) is 0. The highest BCUT2D eigenvalue weighted by Gasteiger charge is 2.40. The third kappa shape index (κ3) is 2.82. The number of rotatable bonds is 2. The molecular formula is C38H23N. The van der Waals surface area contributed by atoms with Crippen LogP contribution in [-0.2, 0) is 6.42 Å². The first kappa shape index (κ1) is 21.0. The molecule has 1 heterocycles. The van der Waals surface area contributed by atoms with Gasteiger partial charge < -0.3 is 0 Å². The van der Waals surface area contributed by atoms with Gasteiger partial charge in [-0.2, -0.15) is 0 Å². The molecule has 1 heteroatoms. The van der Waals surface area contributed by atoms with E-state index >= 15 is 0 Å². The highest BCUT2D eigenvalue weighted by atomic mass is 14.8. The second-order valence-corrected chi connectivity index (χ2v) is 10.6. The van der Waals surface area contributed by atoms with Crippen molar-refractivity contribution in [1.82, 2.24) is 0 Å². The molecule has 6 aromatic rings. The van der Waals surface area contributed by atoms with E-state index in [9.17, 15) is 0 Å². The molecule has 0 unspecified atom stereocenters. The van der Waals surface area contributed by atoms with E-state index in [4.69, 9.17) is 4.99 Å². The Morgan fingerprint density at radius 3 is 1.69 bits per heavy atom.